The summed E-state index contributed by atoms with van der Waals surface area (Å²) >= 11 is 0. The van der Waals surface area contributed by atoms with E-state index in [-0.39, 0.29) is 16.3 Å². The Kier molecular flexibility index (Phi) is 4.95. The smallest absolute Gasteiger partial charge is 0.339 e. The zero-order valence-corrected chi connectivity index (χ0v) is 14.7. The second-order valence-corrected chi connectivity index (χ2v) is 7.08. The topological polar surface area (TPSA) is 125 Å². The minimum Gasteiger partial charge on any atom is -0.399 e. The van der Waals surface area contributed by atoms with E-state index in [2.05, 4.69) is 5.32 Å². The summed E-state index contributed by atoms with van der Waals surface area (Å²) in [7, 11) is -4.21. The van der Waals surface area contributed by atoms with Gasteiger partial charge in [-0.25, -0.2) is 0 Å². The van der Waals surface area contributed by atoms with Gasteiger partial charge in [0.05, 0.1) is 4.92 Å². The third kappa shape index (κ3) is 4.33. The molecule has 0 unspecified atom stereocenters. The molecule has 3 aromatic rings. The lowest BCUT2D eigenvalue weighted by atomic mass is 10.2. The summed E-state index contributed by atoms with van der Waals surface area (Å²) in [6, 6.07) is 18.0. The van der Waals surface area contributed by atoms with E-state index in [0.717, 1.165) is 6.07 Å². The van der Waals surface area contributed by atoms with Gasteiger partial charge < -0.3 is 15.2 Å². The molecule has 3 rings (SSSR count). The van der Waals surface area contributed by atoms with E-state index in [9.17, 15) is 18.5 Å². The summed E-state index contributed by atoms with van der Waals surface area (Å²) in [5, 5.41) is 14.3. The Bertz CT molecular complexity index is 1070. The van der Waals surface area contributed by atoms with E-state index in [4.69, 9.17) is 9.92 Å². The molecule has 0 aliphatic heterocycles. The van der Waals surface area contributed by atoms with Crippen molar-refractivity contribution in [1.29, 1.82) is 0 Å². The molecule has 0 radical (unpaired) electrons. The maximum absolute atomic E-state index is 12.4. The molecule has 0 atom stereocenters. The van der Waals surface area contributed by atoms with Crippen molar-refractivity contribution < 1.29 is 17.5 Å². The lowest BCUT2D eigenvalue weighted by Crippen LogP contribution is -2.10. The van der Waals surface area contributed by atoms with Crippen LogP contribution in [0.25, 0.3) is 0 Å². The standard InChI is InChI=1S/C18H15N3O5S/c19-13-6-8-14(9-7-13)20-17-11-10-16(12-18(17)21(22)23)27(24,25)26-15-4-2-1-3-5-15/h1-12,20H,19H2. The molecule has 0 aromatic heterocycles. The Labute approximate surface area is 155 Å². The van der Waals surface area contributed by atoms with Crippen molar-refractivity contribution in [3.8, 4) is 5.75 Å². The van der Waals surface area contributed by atoms with Crippen molar-refractivity contribution >= 4 is 32.9 Å². The minimum atomic E-state index is -4.21. The molecular weight excluding hydrogens is 370 g/mol. The van der Waals surface area contributed by atoms with Gasteiger partial charge in [0.15, 0.2) is 0 Å². The monoisotopic (exact) mass is 385 g/mol. The maximum Gasteiger partial charge on any atom is 0.339 e. The molecule has 0 spiro atoms. The van der Waals surface area contributed by atoms with Crippen LogP contribution < -0.4 is 15.2 Å². The molecule has 0 fully saturated rings. The van der Waals surface area contributed by atoms with Crippen molar-refractivity contribution in [2.24, 2.45) is 0 Å². The van der Waals surface area contributed by atoms with Gasteiger partial charge in [0.1, 0.15) is 16.3 Å². The van der Waals surface area contributed by atoms with Gasteiger partial charge in [-0.2, -0.15) is 8.42 Å². The molecule has 0 bridgehead atoms. The average molecular weight is 385 g/mol. The molecule has 3 aromatic carbocycles. The van der Waals surface area contributed by atoms with Gasteiger partial charge in [-0.15, -0.1) is 0 Å². The Balaban J connectivity index is 1.93. The number of para-hydroxylation sites is 1. The van der Waals surface area contributed by atoms with E-state index in [1.54, 1.807) is 42.5 Å². The molecule has 0 amide bonds. The van der Waals surface area contributed by atoms with Crippen LogP contribution in [0.4, 0.5) is 22.7 Å². The largest absolute Gasteiger partial charge is 0.399 e. The first kappa shape index (κ1) is 18.2. The number of benzene rings is 3. The number of nitrogens with zero attached hydrogens (tertiary/aromatic N) is 1. The third-order valence-corrected chi connectivity index (χ3v) is 4.84. The summed E-state index contributed by atoms with van der Waals surface area (Å²) < 4.78 is 29.8. The van der Waals surface area contributed by atoms with Crippen LogP contribution in [0.15, 0.2) is 77.7 Å². The molecule has 8 nitrogen and oxygen atoms in total. The highest BCUT2D eigenvalue weighted by Crippen LogP contribution is 2.31. The van der Waals surface area contributed by atoms with Crippen LogP contribution >= 0.6 is 0 Å². The summed E-state index contributed by atoms with van der Waals surface area (Å²) in [6.07, 6.45) is 0. The van der Waals surface area contributed by atoms with Gasteiger partial charge in [-0.05, 0) is 48.5 Å². The van der Waals surface area contributed by atoms with Crippen molar-refractivity contribution in [3.05, 3.63) is 82.9 Å². The van der Waals surface area contributed by atoms with Gasteiger partial charge in [-0.1, -0.05) is 18.2 Å². The average Bonchev–Trinajstić information content (AvgIpc) is 2.64. The molecule has 0 saturated carbocycles. The fraction of sp³-hybridized carbons (Fsp3) is 0. The number of anilines is 3. The van der Waals surface area contributed by atoms with Crippen molar-refractivity contribution in [1.82, 2.24) is 0 Å². The highest BCUT2D eigenvalue weighted by atomic mass is 32.2. The second kappa shape index (κ2) is 7.34. The number of hydrogen-bond acceptors (Lipinski definition) is 7. The van der Waals surface area contributed by atoms with Gasteiger partial charge >= 0.3 is 10.1 Å². The van der Waals surface area contributed by atoms with Gasteiger partial charge in [0.2, 0.25) is 0 Å². The third-order valence-electron chi connectivity index (χ3n) is 3.59. The van der Waals surface area contributed by atoms with Crippen molar-refractivity contribution in [3.63, 3.8) is 0 Å². The van der Waals surface area contributed by atoms with Gasteiger partial charge in [0.25, 0.3) is 5.69 Å². The van der Waals surface area contributed by atoms with Crippen LogP contribution in [0.3, 0.4) is 0 Å². The number of nitrogens with two attached hydrogens (primary N) is 1. The van der Waals surface area contributed by atoms with Crippen LogP contribution in [0.1, 0.15) is 0 Å². The quantitative estimate of drug-likeness (QED) is 0.287. The molecule has 0 heterocycles. The molecule has 0 aliphatic rings. The van der Waals surface area contributed by atoms with Gasteiger partial charge in [0, 0.05) is 17.4 Å². The maximum atomic E-state index is 12.4. The molecule has 3 N–H and O–H groups in total. The molecule has 9 heteroatoms. The number of nitro groups is 1. The van der Waals surface area contributed by atoms with E-state index in [0.29, 0.717) is 11.4 Å². The fourth-order valence-corrected chi connectivity index (χ4v) is 3.25. The highest BCUT2D eigenvalue weighted by molar-refractivity contribution is 7.87. The van der Waals surface area contributed by atoms with Crippen LogP contribution in [0, 0.1) is 10.1 Å². The number of nitro benzene ring substituents is 1. The zero-order chi connectivity index (χ0) is 19.4. The number of nitrogen functional groups attached to an aromatic ring is 1. The van der Waals surface area contributed by atoms with Crippen LogP contribution in [0.5, 0.6) is 5.75 Å². The van der Waals surface area contributed by atoms with Crippen LogP contribution in [0.2, 0.25) is 0 Å². The van der Waals surface area contributed by atoms with Crippen LogP contribution in [-0.4, -0.2) is 13.3 Å². The van der Waals surface area contributed by atoms with E-state index >= 15 is 0 Å². The fourth-order valence-electron chi connectivity index (χ4n) is 2.30. The molecule has 138 valence electrons. The van der Waals surface area contributed by atoms with Gasteiger partial charge in [-0.3, -0.25) is 10.1 Å². The minimum absolute atomic E-state index is 0.115. The summed E-state index contributed by atoms with van der Waals surface area (Å²) in [6.45, 7) is 0. The Hall–Kier alpha value is -3.59. The highest BCUT2D eigenvalue weighted by Gasteiger charge is 2.23. The first-order valence-electron chi connectivity index (χ1n) is 7.76. The first-order valence-corrected chi connectivity index (χ1v) is 9.16. The summed E-state index contributed by atoms with van der Waals surface area (Å²) in [5.74, 6) is 0.115. The predicted molar refractivity (Wildman–Crippen MR) is 101 cm³/mol. The second-order valence-electron chi connectivity index (χ2n) is 5.53. The number of nitrogens with one attached hydrogen (secondary N) is 1. The van der Waals surface area contributed by atoms with E-state index in [1.807, 2.05) is 0 Å². The lowest BCUT2D eigenvalue weighted by Gasteiger charge is -2.10. The lowest BCUT2D eigenvalue weighted by molar-refractivity contribution is -0.384. The molecule has 27 heavy (non-hydrogen) atoms. The molecule has 0 aliphatic carbocycles. The van der Waals surface area contributed by atoms with E-state index < -0.39 is 20.7 Å². The van der Waals surface area contributed by atoms with Crippen molar-refractivity contribution in [2.75, 3.05) is 11.1 Å². The van der Waals surface area contributed by atoms with Crippen molar-refractivity contribution in [2.45, 2.75) is 4.90 Å². The molecule has 0 saturated heterocycles. The molecular formula is C18H15N3O5S. The van der Waals surface area contributed by atoms with Crippen LogP contribution in [-0.2, 0) is 10.1 Å². The number of rotatable bonds is 6. The normalized spacial score (nSPS) is 11.0. The zero-order valence-electron chi connectivity index (χ0n) is 13.9. The Morgan fingerprint density at radius 1 is 0.963 bits per heavy atom. The summed E-state index contributed by atoms with van der Waals surface area (Å²) in [5.41, 5.74) is 6.48. The predicted octanol–water partition coefficient (Wildman–Crippen LogP) is 3.69. The Morgan fingerprint density at radius 2 is 1.63 bits per heavy atom. The SMILES string of the molecule is Nc1ccc(Nc2ccc(S(=O)(=O)Oc3ccccc3)cc2[N+](=O)[O-])cc1. The summed E-state index contributed by atoms with van der Waals surface area (Å²) in [4.78, 5) is 10.4. The Morgan fingerprint density at radius 3 is 2.26 bits per heavy atom. The van der Waals surface area contributed by atoms with E-state index in [1.165, 1.54) is 24.3 Å². The first-order chi connectivity index (χ1) is 12.8. The number of hydrogen-bond donors (Lipinski definition) is 2.